The summed E-state index contributed by atoms with van der Waals surface area (Å²) in [5.74, 6) is 1.87. The highest BCUT2D eigenvalue weighted by molar-refractivity contribution is 6.32. The monoisotopic (exact) mass is 350 g/mol. The van der Waals surface area contributed by atoms with Gasteiger partial charge in [-0.05, 0) is 18.8 Å². The molecule has 0 spiro atoms. The maximum Gasteiger partial charge on any atom is 0.278 e. The minimum atomic E-state index is -0.336. The third kappa shape index (κ3) is 3.06. The highest BCUT2D eigenvalue weighted by Gasteiger charge is 2.27. The van der Waals surface area contributed by atoms with E-state index in [0.29, 0.717) is 33.8 Å². The van der Waals surface area contributed by atoms with E-state index in [-0.39, 0.29) is 5.91 Å². The number of aromatic nitrogens is 1. The van der Waals surface area contributed by atoms with Crippen LogP contribution >= 0.6 is 11.6 Å². The summed E-state index contributed by atoms with van der Waals surface area (Å²) in [6.07, 6.45) is 2.66. The average molecular weight is 351 g/mol. The Hall–Kier alpha value is -2.21. The van der Waals surface area contributed by atoms with Crippen LogP contribution in [0, 0.1) is 5.92 Å². The minimum absolute atomic E-state index is 0.326. The number of hydrogen-bond acceptors (Lipinski definition) is 5. The molecule has 0 saturated carbocycles. The van der Waals surface area contributed by atoms with Gasteiger partial charge in [-0.2, -0.15) is 0 Å². The fourth-order valence-corrected chi connectivity index (χ4v) is 3.13. The molecule has 0 fully saturated rings. The first-order chi connectivity index (χ1) is 11.5. The highest BCUT2D eigenvalue weighted by atomic mass is 35.5. The molecule has 1 aromatic heterocycles. The van der Waals surface area contributed by atoms with Crippen LogP contribution in [0.2, 0.25) is 5.02 Å². The van der Waals surface area contributed by atoms with E-state index >= 15 is 0 Å². The molecule has 6 nitrogen and oxygen atoms in total. The van der Waals surface area contributed by atoms with Gasteiger partial charge in [0.25, 0.3) is 5.91 Å². The molecule has 128 valence electrons. The van der Waals surface area contributed by atoms with Crippen LogP contribution in [0.1, 0.15) is 35.2 Å². The number of carbonyl (C=O) groups is 1. The second-order valence-electron chi connectivity index (χ2n) is 5.92. The predicted molar refractivity (Wildman–Crippen MR) is 90.2 cm³/mol. The molecule has 7 heteroatoms. The van der Waals surface area contributed by atoms with Crippen LogP contribution in [-0.2, 0) is 12.8 Å². The summed E-state index contributed by atoms with van der Waals surface area (Å²) in [4.78, 5) is 12.6. The topological polar surface area (TPSA) is 73.6 Å². The standard InChI is InChI=1S/C17H19ClN2O4/c1-9-4-5-13-10(6-9)16(20-24-13)17(21)19-12-8-14(22-2)11(18)7-15(12)23-3/h7-9H,4-6H2,1-3H3,(H,19,21)/t9-/m1/s1. The molecule has 2 aromatic rings. The molecular formula is C17H19ClN2O4. The van der Waals surface area contributed by atoms with Gasteiger partial charge >= 0.3 is 0 Å². The molecule has 0 unspecified atom stereocenters. The van der Waals surface area contributed by atoms with Crippen molar-refractivity contribution >= 4 is 23.2 Å². The summed E-state index contributed by atoms with van der Waals surface area (Å²) in [7, 11) is 3.02. The van der Waals surface area contributed by atoms with Crippen molar-refractivity contribution in [2.24, 2.45) is 5.92 Å². The van der Waals surface area contributed by atoms with Gasteiger partial charge in [0.2, 0.25) is 0 Å². The van der Waals surface area contributed by atoms with Crippen molar-refractivity contribution in [2.45, 2.75) is 26.2 Å². The Kier molecular flexibility index (Phi) is 4.66. The molecule has 1 amide bonds. The molecule has 3 rings (SSSR count). The van der Waals surface area contributed by atoms with Gasteiger partial charge in [0.15, 0.2) is 5.69 Å². The number of halogens is 1. The lowest BCUT2D eigenvalue weighted by atomic mass is 9.88. The summed E-state index contributed by atoms with van der Waals surface area (Å²) >= 11 is 6.08. The van der Waals surface area contributed by atoms with Crippen molar-refractivity contribution in [3.63, 3.8) is 0 Å². The molecule has 1 aromatic carbocycles. The fraction of sp³-hybridized carbons (Fsp3) is 0.412. The molecular weight excluding hydrogens is 332 g/mol. The predicted octanol–water partition coefficient (Wildman–Crippen LogP) is 3.72. The molecule has 1 aliphatic carbocycles. The van der Waals surface area contributed by atoms with Gasteiger partial charge in [0.1, 0.15) is 17.3 Å². The second-order valence-corrected chi connectivity index (χ2v) is 6.33. The first-order valence-electron chi connectivity index (χ1n) is 7.73. The van der Waals surface area contributed by atoms with Gasteiger partial charge in [-0.1, -0.05) is 23.7 Å². The van der Waals surface area contributed by atoms with Gasteiger partial charge in [-0.3, -0.25) is 4.79 Å². The van der Waals surface area contributed by atoms with Gasteiger partial charge in [-0.15, -0.1) is 0 Å². The zero-order chi connectivity index (χ0) is 17.3. The van der Waals surface area contributed by atoms with Crippen molar-refractivity contribution in [3.05, 3.63) is 34.2 Å². The largest absolute Gasteiger partial charge is 0.495 e. The van der Waals surface area contributed by atoms with Crippen LogP contribution in [0.3, 0.4) is 0 Å². The first kappa shape index (κ1) is 16.6. The summed E-state index contributed by atoms with van der Waals surface area (Å²) in [6.45, 7) is 2.16. The van der Waals surface area contributed by atoms with E-state index in [4.69, 9.17) is 25.6 Å². The summed E-state index contributed by atoms with van der Waals surface area (Å²) in [5.41, 5.74) is 1.68. The molecule has 1 atom stereocenters. The number of rotatable bonds is 4. The molecule has 24 heavy (non-hydrogen) atoms. The second kappa shape index (κ2) is 6.73. The molecule has 1 N–H and O–H groups in total. The maximum atomic E-state index is 12.6. The summed E-state index contributed by atoms with van der Waals surface area (Å²) in [6, 6.07) is 3.21. The average Bonchev–Trinajstić information content (AvgIpc) is 2.99. The fourth-order valence-electron chi connectivity index (χ4n) is 2.90. The van der Waals surface area contributed by atoms with E-state index in [2.05, 4.69) is 17.4 Å². The van der Waals surface area contributed by atoms with Crippen molar-refractivity contribution in [1.82, 2.24) is 5.16 Å². The number of carbonyl (C=O) groups excluding carboxylic acids is 1. The highest BCUT2D eigenvalue weighted by Crippen LogP contribution is 2.36. The Morgan fingerprint density at radius 1 is 1.33 bits per heavy atom. The van der Waals surface area contributed by atoms with Crippen LogP contribution < -0.4 is 14.8 Å². The van der Waals surface area contributed by atoms with Gasteiger partial charge in [-0.25, -0.2) is 0 Å². The lowest BCUT2D eigenvalue weighted by Crippen LogP contribution is -2.18. The molecule has 1 heterocycles. The van der Waals surface area contributed by atoms with Crippen LogP contribution in [0.15, 0.2) is 16.7 Å². The van der Waals surface area contributed by atoms with Crippen LogP contribution in [0.4, 0.5) is 5.69 Å². The number of fused-ring (bicyclic) bond motifs is 1. The molecule has 0 bridgehead atoms. The van der Waals surface area contributed by atoms with Crippen molar-refractivity contribution < 1.29 is 18.8 Å². The quantitative estimate of drug-likeness (QED) is 0.909. The number of anilines is 1. The molecule has 1 aliphatic rings. The number of hydrogen-bond donors (Lipinski definition) is 1. The Bertz CT molecular complexity index is 772. The zero-order valence-corrected chi connectivity index (χ0v) is 14.6. The molecule has 0 aliphatic heterocycles. The smallest absolute Gasteiger partial charge is 0.278 e. The summed E-state index contributed by atoms with van der Waals surface area (Å²) in [5, 5.41) is 7.17. The van der Waals surface area contributed by atoms with Gasteiger partial charge in [0, 0.05) is 24.1 Å². The van der Waals surface area contributed by atoms with Crippen LogP contribution in [0.25, 0.3) is 0 Å². The van der Waals surface area contributed by atoms with E-state index < -0.39 is 0 Å². The van der Waals surface area contributed by atoms with E-state index in [1.54, 1.807) is 12.1 Å². The number of nitrogens with zero attached hydrogens (tertiary/aromatic N) is 1. The minimum Gasteiger partial charge on any atom is -0.495 e. The van der Waals surface area contributed by atoms with Gasteiger partial charge in [0.05, 0.1) is 24.9 Å². The number of amides is 1. The molecule has 0 radical (unpaired) electrons. The number of ether oxygens (including phenoxy) is 2. The van der Waals surface area contributed by atoms with Crippen molar-refractivity contribution in [1.29, 1.82) is 0 Å². The van der Waals surface area contributed by atoms with E-state index in [9.17, 15) is 4.79 Å². The Balaban J connectivity index is 1.89. The lowest BCUT2D eigenvalue weighted by Gasteiger charge is -2.17. The number of nitrogens with one attached hydrogen (secondary N) is 1. The van der Waals surface area contributed by atoms with Crippen molar-refractivity contribution in [3.8, 4) is 11.5 Å². The Morgan fingerprint density at radius 2 is 2.08 bits per heavy atom. The number of methoxy groups -OCH3 is 2. The first-order valence-corrected chi connectivity index (χ1v) is 8.11. The van der Waals surface area contributed by atoms with E-state index in [1.807, 2.05) is 0 Å². The third-order valence-electron chi connectivity index (χ3n) is 4.22. The SMILES string of the molecule is COc1cc(NC(=O)c2noc3c2C[C@H](C)CC3)c(OC)cc1Cl. The number of aryl methyl sites for hydroxylation is 1. The number of benzene rings is 1. The Labute approximate surface area is 145 Å². The van der Waals surface area contributed by atoms with E-state index in [1.165, 1.54) is 14.2 Å². The Morgan fingerprint density at radius 3 is 2.79 bits per heavy atom. The van der Waals surface area contributed by atoms with Crippen molar-refractivity contribution in [2.75, 3.05) is 19.5 Å². The van der Waals surface area contributed by atoms with Crippen LogP contribution in [0.5, 0.6) is 11.5 Å². The van der Waals surface area contributed by atoms with E-state index in [0.717, 1.165) is 30.6 Å². The van der Waals surface area contributed by atoms with Crippen LogP contribution in [-0.4, -0.2) is 25.3 Å². The zero-order valence-electron chi connectivity index (χ0n) is 13.8. The third-order valence-corrected chi connectivity index (χ3v) is 4.52. The normalized spacial score (nSPS) is 16.4. The maximum absolute atomic E-state index is 12.6. The lowest BCUT2D eigenvalue weighted by molar-refractivity contribution is 0.101. The molecule has 0 saturated heterocycles. The summed E-state index contributed by atoms with van der Waals surface area (Å²) < 4.78 is 15.8. The van der Waals surface area contributed by atoms with Gasteiger partial charge < -0.3 is 19.3 Å².